The van der Waals surface area contributed by atoms with Gasteiger partial charge in [0.1, 0.15) is 10.7 Å². The van der Waals surface area contributed by atoms with E-state index in [1.165, 1.54) is 12.1 Å². The number of carbonyl (C=O) groups is 1. The van der Waals surface area contributed by atoms with Crippen molar-refractivity contribution < 1.29 is 17.6 Å². The van der Waals surface area contributed by atoms with Crippen LogP contribution in [0.5, 0.6) is 0 Å². The first-order valence-corrected chi connectivity index (χ1v) is 9.66. The number of sulfonamides is 1. The summed E-state index contributed by atoms with van der Waals surface area (Å²) in [6, 6.07) is 6.12. The quantitative estimate of drug-likeness (QED) is 0.790. The van der Waals surface area contributed by atoms with Crippen molar-refractivity contribution in [2.45, 2.75) is 32.2 Å². The van der Waals surface area contributed by atoms with E-state index in [4.69, 9.17) is 16.0 Å². The number of aryl methyl sites for hydroxylation is 1. The van der Waals surface area contributed by atoms with Gasteiger partial charge in [0.2, 0.25) is 15.9 Å². The highest BCUT2D eigenvalue weighted by Gasteiger charge is 2.23. The van der Waals surface area contributed by atoms with Crippen LogP contribution >= 0.6 is 11.6 Å². The molecule has 1 aromatic carbocycles. The Morgan fingerprint density at radius 1 is 1.28 bits per heavy atom. The van der Waals surface area contributed by atoms with Gasteiger partial charge in [0.05, 0.1) is 11.6 Å². The van der Waals surface area contributed by atoms with Gasteiger partial charge in [-0.3, -0.25) is 4.79 Å². The van der Waals surface area contributed by atoms with Gasteiger partial charge in [0, 0.05) is 13.1 Å². The Kier molecular flexibility index (Phi) is 6.21. The number of halogens is 1. The van der Waals surface area contributed by atoms with Crippen LogP contribution in [0.25, 0.3) is 0 Å². The summed E-state index contributed by atoms with van der Waals surface area (Å²) in [5.74, 6) is 0.221. The van der Waals surface area contributed by atoms with Crippen LogP contribution in [0.1, 0.15) is 36.0 Å². The van der Waals surface area contributed by atoms with Crippen LogP contribution in [0.2, 0.25) is 5.02 Å². The molecular weight excluding hydrogens is 366 g/mol. The maximum atomic E-state index is 12.4. The Morgan fingerprint density at radius 2 is 1.92 bits per heavy atom. The number of benzene rings is 1. The number of hydrogen-bond acceptors (Lipinski definition) is 5. The number of oxazole rings is 1. The highest BCUT2D eigenvalue weighted by Crippen LogP contribution is 2.20. The van der Waals surface area contributed by atoms with Gasteiger partial charge in [-0.05, 0) is 32.9 Å². The fourth-order valence-electron chi connectivity index (χ4n) is 2.28. The fraction of sp³-hybridized carbons (Fsp3) is 0.375. The third-order valence-corrected chi connectivity index (χ3v) is 5.53. The molecule has 0 spiro atoms. The lowest BCUT2D eigenvalue weighted by Gasteiger charge is -2.16. The number of amides is 1. The number of hydrogen-bond donors (Lipinski definition) is 1. The number of carbonyl (C=O) groups excluding carboxylic acids is 1. The van der Waals surface area contributed by atoms with E-state index in [2.05, 4.69) is 9.71 Å². The van der Waals surface area contributed by atoms with E-state index < -0.39 is 10.0 Å². The van der Waals surface area contributed by atoms with E-state index in [1.54, 1.807) is 24.0 Å². The lowest BCUT2D eigenvalue weighted by molar-refractivity contribution is 0.0766. The predicted molar refractivity (Wildman–Crippen MR) is 94.0 cm³/mol. The zero-order valence-corrected chi connectivity index (χ0v) is 15.8. The first kappa shape index (κ1) is 19.4. The lowest BCUT2D eigenvalue weighted by atomic mass is 10.3. The molecule has 0 fully saturated rings. The molecule has 0 saturated heterocycles. The molecule has 2 rings (SSSR count). The van der Waals surface area contributed by atoms with Gasteiger partial charge in [-0.1, -0.05) is 23.7 Å². The summed E-state index contributed by atoms with van der Waals surface area (Å²) in [4.78, 5) is 18.1. The first-order chi connectivity index (χ1) is 11.8. The topological polar surface area (TPSA) is 92.5 Å². The standard InChI is InChI=1S/C16H20ClN3O4S/c1-4-20(5-2)16(21)15-11(3)24-14(19-15)10-18-25(22,23)13-9-7-6-8-12(13)17/h6-9,18H,4-5,10H2,1-3H3. The van der Waals surface area contributed by atoms with E-state index in [9.17, 15) is 13.2 Å². The Bertz CT molecular complexity index is 860. The van der Waals surface area contributed by atoms with Crippen molar-refractivity contribution in [3.05, 3.63) is 46.6 Å². The SMILES string of the molecule is CCN(CC)C(=O)c1nc(CNS(=O)(=O)c2ccccc2Cl)oc1C. The summed E-state index contributed by atoms with van der Waals surface area (Å²) >= 11 is 5.92. The summed E-state index contributed by atoms with van der Waals surface area (Å²) < 4.78 is 32.4. The van der Waals surface area contributed by atoms with Crippen molar-refractivity contribution in [3.8, 4) is 0 Å². The van der Waals surface area contributed by atoms with Crippen molar-refractivity contribution in [2.24, 2.45) is 0 Å². The second-order valence-electron chi connectivity index (χ2n) is 5.24. The largest absolute Gasteiger partial charge is 0.444 e. The molecule has 0 aliphatic heterocycles. The van der Waals surface area contributed by atoms with Crippen LogP contribution in [0, 0.1) is 6.92 Å². The molecule has 136 valence electrons. The van der Waals surface area contributed by atoms with Gasteiger partial charge < -0.3 is 9.32 Å². The minimum atomic E-state index is -3.82. The molecule has 0 aliphatic rings. The highest BCUT2D eigenvalue weighted by molar-refractivity contribution is 7.89. The maximum Gasteiger partial charge on any atom is 0.276 e. The molecule has 0 aliphatic carbocycles. The average Bonchev–Trinajstić information content (AvgIpc) is 2.95. The highest BCUT2D eigenvalue weighted by atomic mass is 35.5. The monoisotopic (exact) mass is 385 g/mol. The van der Waals surface area contributed by atoms with E-state index in [0.717, 1.165) is 0 Å². The van der Waals surface area contributed by atoms with Crippen LogP contribution in [-0.2, 0) is 16.6 Å². The Morgan fingerprint density at radius 3 is 2.52 bits per heavy atom. The van der Waals surface area contributed by atoms with Gasteiger partial charge in [0.25, 0.3) is 5.91 Å². The molecular formula is C16H20ClN3O4S. The molecule has 0 radical (unpaired) electrons. The zero-order valence-electron chi connectivity index (χ0n) is 14.2. The van der Waals surface area contributed by atoms with Gasteiger partial charge in [0.15, 0.2) is 5.69 Å². The second-order valence-corrected chi connectivity index (χ2v) is 7.39. The van der Waals surface area contributed by atoms with Crippen LogP contribution in [-0.4, -0.2) is 37.3 Å². The lowest BCUT2D eigenvalue weighted by Crippen LogP contribution is -2.31. The van der Waals surface area contributed by atoms with Crippen LogP contribution in [0.3, 0.4) is 0 Å². The molecule has 0 saturated carbocycles. The third kappa shape index (κ3) is 4.39. The summed E-state index contributed by atoms with van der Waals surface area (Å²) in [6.45, 7) is 6.28. The van der Waals surface area contributed by atoms with E-state index in [0.29, 0.717) is 18.8 Å². The second kappa shape index (κ2) is 7.99. The number of aromatic nitrogens is 1. The van der Waals surface area contributed by atoms with Crippen molar-refractivity contribution in [1.82, 2.24) is 14.6 Å². The third-order valence-electron chi connectivity index (χ3n) is 3.63. The van der Waals surface area contributed by atoms with Crippen molar-refractivity contribution in [2.75, 3.05) is 13.1 Å². The van der Waals surface area contributed by atoms with Crippen molar-refractivity contribution >= 4 is 27.5 Å². The smallest absolute Gasteiger partial charge is 0.276 e. The molecule has 0 atom stereocenters. The van der Waals surface area contributed by atoms with E-state index in [1.807, 2.05) is 13.8 Å². The summed E-state index contributed by atoms with van der Waals surface area (Å²) in [5, 5.41) is 0.121. The Balaban J connectivity index is 2.16. The first-order valence-electron chi connectivity index (χ1n) is 7.79. The van der Waals surface area contributed by atoms with Crippen LogP contribution in [0.15, 0.2) is 33.6 Å². The average molecular weight is 386 g/mol. The summed E-state index contributed by atoms with van der Waals surface area (Å²) in [7, 11) is -3.82. The molecule has 1 N–H and O–H groups in total. The Hall–Kier alpha value is -1.90. The predicted octanol–water partition coefficient (Wildman–Crippen LogP) is 2.60. The molecule has 0 bridgehead atoms. The maximum absolute atomic E-state index is 12.4. The molecule has 2 aromatic rings. The van der Waals surface area contributed by atoms with Crippen molar-refractivity contribution in [1.29, 1.82) is 0 Å². The summed E-state index contributed by atoms with van der Waals surface area (Å²) in [5.41, 5.74) is 0.190. The molecule has 0 unspecified atom stereocenters. The Labute approximate surface area is 152 Å². The van der Waals surface area contributed by atoms with E-state index in [-0.39, 0.29) is 34.0 Å². The molecule has 7 nitrogen and oxygen atoms in total. The molecule has 1 heterocycles. The van der Waals surface area contributed by atoms with Crippen molar-refractivity contribution in [3.63, 3.8) is 0 Å². The number of nitrogens with zero attached hydrogens (tertiary/aromatic N) is 2. The molecule has 1 aromatic heterocycles. The summed E-state index contributed by atoms with van der Waals surface area (Å²) in [6.07, 6.45) is 0. The molecule has 9 heteroatoms. The van der Waals surface area contributed by atoms with Gasteiger partial charge in [-0.25, -0.2) is 18.1 Å². The minimum Gasteiger partial charge on any atom is -0.444 e. The number of nitrogens with one attached hydrogen (secondary N) is 1. The van der Waals surface area contributed by atoms with Gasteiger partial charge in [-0.2, -0.15) is 0 Å². The van der Waals surface area contributed by atoms with Gasteiger partial charge in [-0.15, -0.1) is 0 Å². The normalized spacial score (nSPS) is 11.5. The van der Waals surface area contributed by atoms with E-state index >= 15 is 0 Å². The molecule has 1 amide bonds. The van der Waals surface area contributed by atoms with Gasteiger partial charge >= 0.3 is 0 Å². The van der Waals surface area contributed by atoms with Crippen LogP contribution in [0.4, 0.5) is 0 Å². The van der Waals surface area contributed by atoms with Crippen LogP contribution < -0.4 is 4.72 Å². The minimum absolute atomic E-state index is 0.0283. The molecule has 25 heavy (non-hydrogen) atoms. The zero-order chi connectivity index (χ0) is 18.6. The fourth-order valence-corrected chi connectivity index (χ4v) is 3.78. The number of rotatable bonds is 7.